The topological polar surface area (TPSA) is 59.9 Å². The van der Waals surface area contributed by atoms with Gasteiger partial charge in [0.05, 0.1) is 18.5 Å². The first-order valence-corrected chi connectivity index (χ1v) is 5.20. The largest absolute Gasteiger partial charge is 0.280 e. The lowest BCUT2D eigenvalue weighted by molar-refractivity contribution is 0.129. The Kier molecular flexibility index (Phi) is 4.34. The van der Waals surface area contributed by atoms with Crippen molar-refractivity contribution in [2.45, 2.75) is 12.1 Å². The average Bonchev–Trinajstić information content (AvgIpc) is 2.21. The number of nitrogens with zero attached hydrogens (tertiary/aromatic N) is 3. The predicted octanol–water partition coefficient (Wildman–Crippen LogP) is 1.02. The molecule has 76 valence electrons. The van der Waals surface area contributed by atoms with Crippen LogP contribution in [0.4, 0.5) is 0 Å². The molecule has 0 saturated carbocycles. The molecule has 1 N–H and O–H groups in total. The van der Waals surface area contributed by atoms with Gasteiger partial charge in [-0.1, -0.05) is 11.8 Å². The minimum Gasteiger partial charge on any atom is -0.280 e. The van der Waals surface area contributed by atoms with Crippen LogP contribution in [0.2, 0.25) is 0 Å². The van der Waals surface area contributed by atoms with E-state index in [-0.39, 0.29) is 0 Å². The summed E-state index contributed by atoms with van der Waals surface area (Å²) in [6, 6.07) is 0. The molecule has 0 aliphatic heterocycles. The summed E-state index contributed by atoms with van der Waals surface area (Å²) < 4.78 is 0. The zero-order chi connectivity index (χ0) is 10.4. The number of nitrogens with one attached hydrogen (secondary N) is 1. The molecule has 0 aliphatic rings. The quantitative estimate of drug-likeness (QED) is 0.594. The van der Waals surface area contributed by atoms with Gasteiger partial charge in [-0.15, -0.1) is 5.10 Å². The summed E-state index contributed by atoms with van der Waals surface area (Å²) in [5.74, 6) is 0. The molecule has 1 aromatic heterocycles. The van der Waals surface area contributed by atoms with Crippen LogP contribution >= 0.6 is 11.8 Å². The van der Waals surface area contributed by atoms with Crippen LogP contribution in [0.25, 0.3) is 6.08 Å². The van der Waals surface area contributed by atoms with Crippen LogP contribution in [0.15, 0.2) is 11.4 Å². The normalized spacial score (nSPS) is 10.8. The fraction of sp³-hybridized carbons (Fsp3) is 0.375. The fourth-order valence-electron chi connectivity index (χ4n) is 0.801. The smallest absolute Gasteiger partial charge is 0.209 e. The summed E-state index contributed by atoms with van der Waals surface area (Å²) in [5.41, 5.74) is 4.16. The van der Waals surface area contributed by atoms with Crippen LogP contribution in [0.1, 0.15) is 11.4 Å². The Bertz CT molecular complexity index is 329. The van der Waals surface area contributed by atoms with Gasteiger partial charge in [0.2, 0.25) is 5.16 Å². The first-order valence-electron chi connectivity index (χ1n) is 3.98. The molecule has 0 amide bonds. The highest BCUT2D eigenvalue weighted by molar-refractivity contribution is 7.98. The number of hydroxylamine groups is 1. The number of aryl methyl sites for hydroxylation is 1. The Labute approximate surface area is 86.9 Å². The van der Waals surface area contributed by atoms with E-state index in [0.717, 1.165) is 11.4 Å². The maximum atomic E-state index is 4.65. The Morgan fingerprint density at radius 1 is 1.43 bits per heavy atom. The minimum atomic E-state index is 0.660. The summed E-state index contributed by atoms with van der Waals surface area (Å²) in [6.07, 6.45) is 5.35. The molecule has 0 fully saturated rings. The van der Waals surface area contributed by atoms with Gasteiger partial charge < -0.3 is 0 Å². The summed E-state index contributed by atoms with van der Waals surface area (Å²) in [7, 11) is 1.54. The third-order valence-electron chi connectivity index (χ3n) is 1.48. The molecule has 0 atom stereocenters. The summed E-state index contributed by atoms with van der Waals surface area (Å²) >= 11 is 1.46. The van der Waals surface area contributed by atoms with E-state index >= 15 is 0 Å². The van der Waals surface area contributed by atoms with Gasteiger partial charge in [0.25, 0.3) is 0 Å². The molecule has 6 heteroatoms. The average molecular weight is 212 g/mol. The zero-order valence-electron chi connectivity index (χ0n) is 8.31. The lowest BCUT2D eigenvalue weighted by atomic mass is 10.3. The first kappa shape index (κ1) is 10.9. The molecule has 1 aromatic rings. The van der Waals surface area contributed by atoms with Gasteiger partial charge in [0.15, 0.2) is 0 Å². The maximum absolute atomic E-state index is 4.65. The Morgan fingerprint density at radius 2 is 2.21 bits per heavy atom. The van der Waals surface area contributed by atoms with Gasteiger partial charge in [0, 0.05) is 6.20 Å². The third-order valence-corrected chi connectivity index (χ3v) is 2.02. The summed E-state index contributed by atoms with van der Waals surface area (Å²) in [4.78, 5) is 8.92. The van der Waals surface area contributed by atoms with Crippen molar-refractivity contribution in [3.63, 3.8) is 0 Å². The fourth-order valence-corrected chi connectivity index (χ4v) is 1.11. The number of hydrogen-bond donors (Lipinski definition) is 1. The van der Waals surface area contributed by atoms with Crippen LogP contribution in [0, 0.1) is 6.92 Å². The van der Waals surface area contributed by atoms with Gasteiger partial charge in [-0.3, -0.25) is 10.3 Å². The molecule has 0 spiro atoms. The Morgan fingerprint density at radius 3 is 2.86 bits per heavy atom. The zero-order valence-corrected chi connectivity index (χ0v) is 9.13. The van der Waals surface area contributed by atoms with Crippen molar-refractivity contribution >= 4 is 17.8 Å². The molecule has 1 rings (SSSR count). The number of aromatic nitrogens is 3. The highest BCUT2D eigenvalue weighted by Crippen LogP contribution is 2.09. The summed E-state index contributed by atoms with van der Waals surface area (Å²) in [6.45, 7) is 1.86. The molecule has 14 heavy (non-hydrogen) atoms. The van der Waals surface area contributed by atoms with Gasteiger partial charge in [-0.25, -0.2) is 4.98 Å². The van der Waals surface area contributed by atoms with Crippen LogP contribution < -0.4 is 5.48 Å². The van der Waals surface area contributed by atoms with Crippen molar-refractivity contribution < 1.29 is 4.84 Å². The summed E-state index contributed by atoms with van der Waals surface area (Å²) in [5, 5.41) is 8.54. The predicted molar refractivity (Wildman–Crippen MR) is 55.5 cm³/mol. The monoisotopic (exact) mass is 212 g/mol. The highest BCUT2D eigenvalue weighted by atomic mass is 32.2. The molecule has 0 radical (unpaired) electrons. The van der Waals surface area contributed by atoms with Crippen LogP contribution in [0.3, 0.4) is 0 Å². The number of hydrogen-bond acceptors (Lipinski definition) is 6. The van der Waals surface area contributed by atoms with E-state index in [1.54, 1.807) is 19.4 Å². The maximum Gasteiger partial charge on any atom is 0.209 e. The van der Waals surface area contributed by atoms with Crippen molar-refractivity contribution in [3.8, 4) is 0 Å². The van der Waals surface area contributed by atoms with E-state index in [0.29, 0.717) is 5.16 Å². The van der Waals surface area contributed by atoms with Crippen molar-refractivity contribution in [1.82, 2.24) is 20.7 Å². The van der Waals surface area contributed by atoms with E-state index in [9.17, 15) is 0 Å². The van der Waals surface area contributed by atoms with Gasteiger partial charge >= 0.3 is 0 Å². The number of thioether (sulfide) groups is 1. The van der Waals surface area contributed by atoms with Gasteiger partial charge in [-0.2, -0.15) is 5.10 Å². The molecule has 1 heterocycles. The lowest BCUT2D eigenvalue weighted by Crippen LogP contribution is -2.02. The van der Waals surface area contributed by atoms with Crippen molar-refractivity contribution in [1.29, 1.82) is 0 Å². The van der Waals surface area contributed by atoms with Crippen molar-refractivity contribution in [3.05, 3.63) is 17.6 Å². The first-order chi connectivity index (χ1) is 6.77. The third kappa shape index (κ3) is 2.97. The van der Waals surface area contributed by atoms with Crippen molar-refractivity contribution in [2.24, 2.45) is 0 Å². The van der Waals surface area contributed by atoms with Crippen LogP contribution in [-0.4, -0.2) is 28.5 Å². The van der Waals surface area contributed by atoms with Crippen molar-refractivity contribution in [2.75, 3.05) is 13.4 Å². The second kappa shape index (κ2) is 5.56. The Hall–Kier alpha value is -1.14. The molecule has 0 aromatic carbocycles. The van der Waals surface area contributed by atoms with E-state index in [4.69, 9.17) is 0 Å². The van der Waals surface area contributed by atoms with Crippen LogP contribution in [0.5, 0.6) is 0 Å². The lowest BCUT2D eigenvalue weighted by Gasteiger charge is -1.99. The molecular weight excluding hydrogens is 200 g/mol. The second-order valence-corrected chi connectivity index (χ2v) is 3.20. The molecule has 0 bridgehead atoms. The molecular formula is C8H12N4OS. The molecule has 0 saturated heterocycles. The second-order valence-electron chi connectivity index (χ2n) is 2.42. The number of rotatable bonds is 4. The van der Waals surface area contributed by atoms with E-state index in [1.165, 1.54) is 11.8 Å². The van der Waals surface area contributed by atoms with E-state index in [1.807, 2.05) is 13.2 Å². The highest BCUT2D eigenvalue weighted by Gasteiger charge is 2.00. The molecule has 0 aliphatic carbocycles. The van der Waals surface area contributed by atoms with Gasteiger partial charge in [0.1, 0.15) is 0 Å². The molecule has 5 nitrogen and oxygen atoms in total. The molecule has 0 unspecified atom stereocenters. The van der Waals surface area contributed by atoms with Gasteiger partial charge in [-0.05, 0) is 19.3 Å². The van der Waals surface area contributed by atoms with E-state index in [2.05, 4.69) is 25.5 Å². The van der Waals surface area contributed by atoms with Crippen LogP contribution in [-0.2, 0) is 4.84 Å². The standard InChI is InChI=1S/C8H12N4OS/c1-6-7(4-5-9-13-2)10-8(14-3)12-11-6/h4-5,9H,1-3H3/b5-4+. The Balaban J connectivity index is 2.83. The SMILES string of the molecule is CON/C=C/c1nc(SC)nnc1C. The minimum absolute atomic E-state index is 0.660. The van der Waals surface area contributed by atoms with E-state index < -0.39 is 0 Å².